The van der Waals surface area contributed by atoms with E-state index in [1.54, 1.807) is 20.8 Å². The van der Waals surface area contributed by atoms with Gasteiger partial charge in [-0.25, -0.2) is 18.4 Å². The van der Waals surface area contributed by atoms with E-state index in [0.29, 0.717) is 5.69 Å². The highest BCUT2D eigenvalue weighted by Crippen LogP contribution is 2.08. The summed E-state index contributed by atoms with van der Waals surface area (Å²) >= 11 is 0. The fourth-order valence-electron chi connectivity index (χ4n) is 1.72. The van der Waals surface area contributed by atoms with E-state index < -0.39 is 23.1 Å². The molecule has 112 valence electrons. The van der Waals surface area contributed by atoms with E-state index in [4.69, 9.17) is 4.74 Å². The molecule has 0 aliphatic heterocycles. The summed E-state index contributed by atoms with van der Waals surface area (Å²) in [6.07, 6.45) is 1.28. The molecule has 0 atom stereocenters. The van der Waals surface area contributed by atoms with E-state index in [2.05, 4.69) is 5.10 Å². The lowest BCUT2D eigenvalue weighted by atomic mass is 10.2. The van der Waals surface area contributed by atoms with Crippen LogP contribution < -0.4 is 5.69 Å². The molecule has 1 heterocycles. The molecule has 0 fully saturated rings. The average molecular weight is 293 g/mol. The molecule has 7 heteroatoms. The van der Waals surface area contributed by atoms with Crippen LogP contribution >= 0.6 is 0 Å². The molecule has 0 saturated carbocycles. The second-order valence-electron chi connectivity index (χ2n) is 5.50. The van der Waals surface area contributed by atoms with Crippen molar-refractivity contribution in [1.29, 1.82) is 0 Å². The van der Waals surface area contributed by atoms with E-state index >= 15 is 0 Å². The Kier molecular flexibility index (Phi) is 3.93. The molecule has 21 heavy (non-hydrogen) atoms. The Morgan fingerprint density at radius 1 is 1.29 bits per heavy atom. The van der Waals surface area contributed by atoms with Crippen LogP contribution in [0.5, 0.6) is 0 Å². The van der Waals surface area contributed by atoms with Gasteiger partial charge in [-0.2, -0.15) is 5.10 Å². The first kappa shape index (κ1) is 15.0. The predicted octanol–water partition coefficient (Wildman–Crippen LogP) is 1.51. The van der Waals surface area contributed by atoms with Crippen LogP contribution in [0.25, 0.3) is 5.69 Å². The van der Waals surface area contributed by atoms with Gasteiger partial charge in [-0.05, 0) is 45.0 Å². The minimum absolute atomic E-state index is 0.274. The van der Waals surface area contributed by atoms with Crippen molar-refractivity contribution in [2.75, 3.05) is 0 Å². The van der Waals surface area contributed by atoms with Crippen LogP contribution in [0, 0.1) is 5.82 Å². The summed E-state index contributed by atoms with van der Waals surface area (Å²) in [5.74, 6) is -0.943. The number of hydrogen-bond acceptors (Lipinski definition) is 4. The molecule has 0 bridgehead atoms. The number of benzene rings is 1. The lowest BCUT2D eigenvalue weighted by Crippen LogP contribution is -2.31. The zero-order chi connectivity index (χ0) is 15.6. The number of hydrogen-bond donors (Lipinski definition) is 0. The maximum atomic E-state index is 12.9. The minimum Gasteiger partial charge on any atom is -0.459 e. The van der Waals surface area contributed by atoms with Crippen LogP contribution in [0.3, 0.4) is 0 Å². The van der Waals surface area contributed by atoms with Crippen molar-refractivity contribution in [2.45, 2.75) is 32.9 Å². The largest absolute Gasteiger partial charge is 0.459 e. The van der Waals surface area contributed by atoms with Gasteiger partial charge in [0.15, 0.2) is 0 Å². The Morgan fingerprint density at radius 3 is 2.48 bits per heavy atom. The van der Waals surface area contributed by atoms with Gasteiger partial charge in [-0.1, -0.05) is 0 Å². The van der Waals surface area contributed by atoms with E-state index in [9.17, 15) is 14.0 Å². The van der Waals surface area contributed by atoms with Gasteiger partial charge >= 0.3 is 11.7 Å². The third kappa shape index (κ3) is 3.77. The molecule has 0 spiro atoms. The second kappa shape index (κ2) is 5.51. The van der Waals surface area contributed by atoms with Gasteiger partial charge in [0.1, 0.15) is 24.3 Å². The maximum absolute atomic E-state index is 12.9. The van der Waals surface area contributed by atoms with Crippen LogP contribution in [0.15, 0.2) is 35.4 Å². The van der Waals surface area contributed by atoms with Gasteiger partial charge in [-0.3, -0.25) is 4.79 Å². The summed E-state index contributed by atoms with van der Waals surface area (Å²) in [7, 11) is 0. The molecule has 0 saturated heterocycles. The summed E-state index contributed by atoms with van der Waals surface area (Å²) in [6.45, 7) is 4.95. The summed E-state index contributed by atoms with van der Waals surface area (Å²) in [5.41, 5.74) is -0.649. The van der Waals surface area contributed by atoms with Crippen molar-refractivity contribution in [3.8, 4) is 5.69 Å². The van der Waals surface area contributed by atoms with E-state index in [1.807, 2.05) is 0 Å². The van der Waals surface area contributed by atoms with E-state index in [1.165, 1.54) is 35.2 Å². The lowest BCUT2D eigenvalue weighted by molar-refractivity contribution is -0.155. The number of nitrogens with zero attached hydrogens (tertiary/aromatic N) is 3. The van der Waals surface area contributed by atoms with Gasteiger partial charge in [0.25, 0.3) is 0 Å². The third-order valence-electron chi connectivity index (χ3n) is 2.54. The van der Waals surface area contributed by atoms with Crippen LogP contribution in [0.4, 0.5) is 4.39 Å². The van der Waals surface area contributed by atoms with Crippen molar-refractivity contribution >= 4 is 5.97 Å². The van der Waals surface area contributed by atoms with Crippen molar-refractivity contribution in [3.63, 3.8) is 0 Å². The zero-order valence-corrected chi connectivity index (χ0v) is 12.0. The third-order valence-corrected chi connectivity index (χ3v) is 2.54. The first-order valence-corrected chi connectivity index (χ1v) is 6.38. The Labute approximate surface area is 120 Å². The number of rotatable bonds is 3. The van der Waals surface area contributed by atoms with Gasteiger partial charge < -0.3 is 4.74 Å². The molecular formula is C14H16FN3O3. The number of halogens is 1. The molecule has 0 aliphatic rings. The number of aromatic nitrogens is 3. The smallest absolute Gasteiger partial charge is 0.350 e. The molecule has 0 N–H and O–H groups in total. The van der Waals surface area contributed by atoms with Crippen molar-refractivity contribution in [2.24, 2.45) is 0 Å². The van der Waals surface area contributed by atoms with Gasteiger partial charge in [0.2, 0.25) is 0 Å². The fourth-order valence-corrected chi connectivity index (χ4v) is 1.72. The van der Waals surface area contributed by atoms with Gasteiger partial charge in [-0.15, -0.1) is 0 Å². The summed E-state index contributed by atoms with van der Waals surface area (Å²) in [5, 5.41) is 3.86. The molecule has 2 aromatic rings. The van der Waals surface area contributed by atoms with E-state index in [-0.39, 0.29) is 6.54 Å². The number of carbonyl (C=O) groups excluding carboxylic acids is 1. The van der Waals surface area contributed by atoms with E-state index in [0.717, 1.165) is 4.68 Å². The molecule has 6 nitrogen and oxygen atoms in total. The van der Waals surface area contributed by atoms with Gasteiger partial charge in [0.05, 0.1) is 5.69 Å². The predicted molar refractivity (Wildman–Crippen MR) is 73.6 cm³/mol. The highest BCUT2D eigenvalue weighted by atomic mass is 19.1. The number of carbonyl (C=O) groups is 1. The minimum atomic E-state index is -0.625. The molecule has 0 unspecified atom stereocenters. The average Bonchev–Trinajstić information content (AvgIpc) is 2.70. The van der Waals surface area contributed by atoms with Crippen LogP contribution in [0.2, 0.25) is 0 Å². The van der Waals surface area contributed by atoms with Crippen molar-refractivity contribution in [1.82, 2.24) is 14.3 Å². The zero-order valence-electron chi connectivity index (χ0n) is 12.0. The van der Waals surface area contributed by atoms with Crippen LogP contribution in [-0.4, -0.2) is 25.9 Å². The summed E-state index contributed by atoms with van der Waals surface area (Å²) in [6, 6.07) is 5.40. The molecule has 0 aliphatic carbocycles. The first-order chi connectivity index (χ1) is 9.76. The topological polar surface area (TPSA) is 66.1 Å². The monoisotopic (exact) mass is 293 g/mol. The van der Waals surface area contributed by atoms with Crippen LogP contribution in [-0.2, 0) is 16.1 Å². The number of ether oxygens (including phenoxy) is 1. The fraction of sp³-hybridized carbons (Fsp3) is 0.357. The summed E-state index contributed by atoms with van der Waals surface area (Å²) < 4.78 is 20.2. The molecule has 1 aromatic heterocycles. The SMILES string of the molecule is CC(C)(C)OC(=O)Cn1ncn(-c2ccc(F)cc2)c1=O. The standard InChI is InChI=1S/C14H16FN3O3/c1-14(2,3)21-12(19)8-18-13(20)17(9-16-18)11-6-4-10(15)5-7-11/h4-7,9H,8H2,1-3H3. The first-order valence-electron chi connectivity index (χ1n) is 6.38. The molecule has 0 amide bonds. The lowest BCUT2D eigenvalue weighted by Gasteiger charge is -2.19. The maximum Gasteiger partial charge on any atom is 0.350 e. The molecule has 0 radical (unpaired) electrons. The normalized spacial score (nSPS) is 11.4. The Balaban J connectivity index is 2.20. The Bertz CT molecular complexity index is 695. The quantitative estimate of drug-likeness (QED) is 0.805. The highest BCUT2D eigenvalue weighted by molar-refractivity contribution is 5.69. The van der Waals surface area contributed by atoms with Crippen molar-refractivity contribution < 1.29 is 13.9 Å². The molecule has 1 aromatic carbocycles. The molecule has 2 rings (SSSR count). The van der Waals surface area contributed by atoms with Crippen LogP contribution in [0.1, 0.15) is 20.8 Å². The Morgan fingerprint density at radius 2 is 1.90 bits per heavy atom. The second-order valence-corrected chi connectivity index (χ2v) is 5.50. The number of esters is 1. The van der Waals surface area contributed by atoms with Gasteiger partial charge in [0, 0.05) is 0 Å². The Hall–Kier alpha value is -2.44. The molecular weight excluding hydrogens is 277 g/mol. The summed E-state index contributed by atoms with van der Waals surface area (Å²) in [4.78, 5) is 23.8. The highest BCUT2D eigenvalue weighted by Gasteiger charge is 2.18. The van der Waals surface area contributed by atoms with Crippen molar-refractivity contribution in [3.05, 3.63) is 46.9 Å².